The Morgan fingerprint density at radius 3 is 2.65 bits per heavy atom. The summed E-state index contributed by atoms with van der Waals surface area (Å²) in [6, 6.07) is 8.70. The Bertz CT molecular complexity index is 1070. The Balaban J connectivity index is 2.19. The molecule has 2 aromatic heterocycles. The van der Waals surface area contributed by atoms with Gasteiger partial charge in [0, 0.05) is 30.4 Å². The van der Waals surface area contributed by atoms with Gasteiger partial charge in [0.2, 0.25) is 0 Å². The second-order valence-electron chi connectivity index (χ2n) is 5.64. The number of benzene rings is 1. The lowest BCUT2D eigenvalue weighted by atomic mass is 10.0. The van der Waals surface area contributed by atoms with Gasteiger partial charge in [-0.2, -0.15) is 0 Å². The maximum Gasteiger partial charge on any atom is 0.322 e. The third-order valence-electron chi connectivity index (χ3n) is 3.99. The number of hydrogen-bond acceptors (Lipinski definition) is 5. The number of aryl methyl sites for hydroxylation is 1. The summed E-state index contributed by atoms with van der Waals surface area (Å²) in [7, 11) is 1.47. The standard InChI is InChI=1S/C18H15N3O5/c1-21-13-5-4-10(11-3-2-6-19-8-11)7-12(13)16(24)15(18(21)26)17(25)20-9-14(22)23/h2-8,24H,9H2,1H3,(H,20,25)(H,22,23). The lowest BCUT2D eigenvalue weighted by Gasteiger charge is -2.13. The minimum absolute atomic E-state index is 0.300. The molecule has 0 saturated heterocycles. The highest BCUT2D eigenvalue weighted by Gasteiger charge is 2.21. The zero-order valence-corrected chi connectivity index (χ0v) is 13.8. The third-order valence-corrected chi connectivity index (χ3v) is 3.99. The number of fused-ring (bicyclic) bond motifs is 1. The maximum absolute atomic E-state index is 12.4. The molecule has 3 rings (SSSR count). The predicted octanol–water partition coefficient (Wildman–Crippen LogP) is 1.12. The smallest absolute Gasteiger partial charge is 0.322 e. The van der Waals surface area contributed by atoms with E-state index >= 15 is 0 Å². The first kappa shape index (κ1) is 17.2. The average Bonchev–Trinajstić information content (AvgIpc) is 2.65. The number of pyridine rings is 2. The van der Waals surface area contributed by atoms with E-state index in [2.05, 4.69) is 10.3 Å². The molecule has 0 atom stereocenters. The van der Waals surface area contributed by atoms with Crippen LogP contribution in [-0.2, 0) is 11.8 Å². The quantitative estimate of drug-likeness (QED) is 0.646. The Hall–Kier alpha value is -3.68. The van der Waals surface area contributed by atoms with E-state index in [4.69, 9.17) is 5.11 Å². The van der Waals surface area contributed by atoms with Gasteiger partial charge in [0.1, 0.15) is 17.9 Å². The van der Waals surface area contributed by atoms with Crippen molar-refractivity contribution in [3.05, 3.63) is 58.6 Å². The number of carboxylic acid groups (broad SMARTS) is 1. The number of nitrogens with zero attached hydrogens (tertiary/aromatic N) is 2. The monoisotopic (exact) mass is 353 g/mol. The highest BCUT2D eigenvalue weighted by molar-refractivity contribution is 6.03. The van der Waals surface area contributed by atoms with Crippen LogP contribution < -0.4 is 10.9 Å². The fourth-order valence-corrected chi connectivity index (χ4v) is 2.69. The van der Waals surface area contributed by atoms with Gasteiger partial charge in [0.05, 0.1) is 5.52 Å². The van der Waals surface area contributed by atoms with Crippen LogP contribution in [0.2, 0.25) is 0 Å². The summed E-state index contributed by atoms with van der Waals surface area (Å²) in [6.07, 6.45) is 3.29. The summed E-state index contributed by atoms with van der Waals surface area (Å²) < 4.78 is 1.23. The SMILES string of the molecule is Cn1c(=O)c(C(=O)NCC(=O)O)c(O)c2cc(-c3cccnc3)ccc21. The molecule has 0 fully saturated rings. The van der Waals surface area contributed by atoms with Gasteiger partial charge in [0.15, 0.2) is 0 Å². The molecule has 0 saturated carbocycles. The first-order valence-corrected chi connectivity index (χ1v) is 7.66. The van der Waals surface area contributed by atoms with Crippen LogP contribution in [0.15, 0.2) is 47.5 Å². The minimum atomic E-state index is -1.26. The highest BCUT2D eigenvalue weighted by atomic mass is 16.4. The van der Waals surface area contributed by atoms with Crippen LogP contribution in [0.1, 0.15) is 10.4 Å². The molecule has 0 radical (unpaired) electrons. The number of hydrogen-bond donors (Lipinski definition) is 3. The van der Waals surface area contributed by atoms with Crippen molar-refractivity contribution < 1.29 is 19.8 Å². The summed E-state index contributed by atoms with van der Waals surface area (Å²) in [5, 5.41) is 21.6. The molecular weight excluding hydrogens is 338 g/mol. The van der Waals surface area contributed by atoms with E-state index < -0.39 is 35.3 Å². The predicted molar refractivity (Wildman–Crippen MR) is 94.1 cm³/mol. The molecule has 1 amide bonds. The maximum atomic E-state index is 12.4. The van der Waals surface area contributed by atoms with E-state index in [9.17, 15) is 19.5 Å². The van der Waals surface area contributed by atoms with Crippen LogP contribution in [0.25, 0.3) is 22.0 Å². The summed E-state index contributed by atoms with van der Waals surface area (Å²) in [5.41, 5.74) is 0.780. The van der Waals surface area contributed by atoms with Gasteiger partial charge >= 0.3 is 5.97 Å². The molecule has 0 unspecified atom stereocenters. The van der Waals surface area contributed by atoms with Crippen molar-refractivity contribution in [3.8, 4) is 16.9 Å². The Morgan fingerprint density at radius 2 is 2.00 bits per heavy atom. The fraction of sp³-hybridized carbons (Fsp3) is 0.111. The molecule has 0 aliphatic rings. The van der Waals surface area contributed by atoms with E-state index in [0.717, 1.165) is 11.1 Å². The number of carboxylic acids is 1. The molecule has 2 heterocycles. The van der Waals surface area contributed by atoms with Crippen LogP contribution in [0.5, 0.6) is 5.75 Å². The van der Waals surface area contributed by atoms with Crippen molar-refractivity contribution in [1.82, 2.24) is 14.9 Å². The fourth-order valence-electron chi connectivity index (χ4n) is 2.69. The molecule has 8 heteroatoms. The number of carbonyl (C=O) groups excluding carboxylic acids is 1. The summed E-state index contributed by atoms with van der Waals surface area (Å²) in [5.74, 6) is -2.69. The Labute approximate surface area is 147 Å². The second kappa shape index (κ2) is 6.67. The van der Waals surface area contributed by atoms with Crippen molar-refractivity contribution in [3.63, 3.8) is 0 Å². The molecule has 0 spiro atoms. The van der Waals surface area contributed by atoms with Crippen molar-refractivity contribution in [2.75, 3.05) is 6.54 Å². The molecule has 3 N–H and O–H groups in total. The van der Waals surface area contributed by atoms with Gasteiger partial charge in [-0.05, 0) is 23.8 Å². The first-order chi connectivity index (χ1) is 12.4. The topological polar surface area (TPSA) is 122 Å². The average molecular weight is 353 g/mol. The third kappa shape index (κ3) is 3.00. The van der Waals surface area contributed by atoms with Gasteiger partial charge in [-0.3, -0.25) is 19.4 Å². The number of aliphatic carboxylic acids is 1. The summed E-state index contributed by atoms with van der Waals surface area (Å²) in [6.45, 7) is -0.658. The largest absolute Gasteiger partial charge is 0.506 e. The van der Waals surface area contributed by atoms with E-state index in [1.165, 1.54) is 11.6 Å². The van der Waals surface area contributed by atoms with Crippen LogP contribution >= 0.6 is 0 Å². The van der Waals surface area contributed by atoms with E-state index in [1.54, 1.807) is 36.7 Å². The number of aromatic hydroxyl groups is 1. The molecular formula is C18H15N3O5. The zero-order chi connectivity index (χ0) is 18.8. The van der Waals surface area contributed by atoms with Crippen molar-refractivity contribution in [2.45, 2.75) is 0 Å². The van der Waals surface area contributed by atoms with E-state index in [-0.39, 0.29) is 0 Å². The van der Waals surface area contributed by atoms with Crippen LogP contribution in [0.3, 0.4) is 0 Å². The molecule has 0 aliphatic heterocycles. The first-order valence-electron chi connectivity index (χ1n) is 7.66. The Morgan fingerprint density at radius 1 is 1.23 bits per heavy atom. The lowest BCUT2D eigenvalue weighted by Crippen LogP contribution is -2.35. The molecule has 26 heavy (non-hydrogen) atoms. The molecule has 1 aromatic carbocycles. The number of aromatic nitrogens is 2. The van der Waals surface area contributed by atoms with Gasteiger partial charge in [0.25, 0.3) is 11.5 Å². The Kier molecular flexibility index (Phi) is 4.40. The number of carbonyl (C=O) groups is 2. The molecule has 8 nitrogen and oxygen atoms in total. The lowest BCUT2D eigenvalue weighted by molar-refractivity contribution is -0.135. The van der Waals surface area contributed by atoms with Gasteiger partial charge in [-0.15, -0.1) is 0 Å². The number of rotatable bonds is 4. The number of amides is 1. The van der Waals surface area contributed by atoms with Crippen molar-refractivity contribution >= 4 is 22.8 Å². The molecule has 0 aliphatic carbocycles. The van der Waals surface area contributed by atoms with Gasteiger partial charge < -0.3 is 20.1 Å². The second-order valence-corrected chi connectivity index (χ2v) is 5.64. The van der Waals surface area contributed by atoms with Crippen molar-refractivity contribution in [2.24, 2.45) is 7.05 Å². The van der Waals surface area contributed by atoms with Crippen molar-refractivity contribution in [1.29, 1.82) is 0 Å². The summed E-state index contributed by atoms with van der Waals surface area (Å²) >= 11 is 0. The van der Waals surface area contributed by atoms with Crippen LogP contribution in [0.4, 0.5) is 0 Å². The van der Waals surface area contributed by atoms with Crippen LogP contribution in [0, 0.1) is 0 Å². The van der Waals surface area contributed by atoms with Gasteiger partial charge in [-0.25, -0.2) is 0 Å². The number of nitrogens with one attached hydrogen (secondary N) is 1. The normalized spacial score (nSPS) is 10.7. The molecule has 3 aromatic rings. The summed E-state index contributed by atoms with van der Waals surface area (Å²) in [4.78, 5) is 39.3. The van der Waals surface area contributed by atoms with E-state index in [0.29, 0.717) is 10.9 Å². The molecule has 0 bridgehead atoms. The highest BCUT2D eigenvalue weighted by Crippen LogP contribution is 2.30. The van der Waals surface area contributed by atoms with E-state index in [1.807, 2.05) is 6.07 Å². The zero-order valence-electron chi connectivity index (χ0n) is 13.8. The van der Waals surface area contributed by atoms with Gasteiger partial charge in [-0.1, -0.05) is 12.1 Å². The molecule has 132 valence electrons. The van der Waals surface area contributed by atoms with Crippen LogP contribution in [-0.4, -0.2) is 38.2 Å². The minimum Gasteiger partial charge on any atom is -0.506 e.